The van der Waals surface area contributed by atoms with Gasteiger partial charge in [-0.25, -0.2) is 9.97 Å². The number of aromatic nitrogens is 2. The predicted octanol–water partition coefficient (Wildman–Crippen LogP) is 2.59. The molecule has 0 saturated heterocycles. The molecule has 1 aliphatic carbocycles. The minimum absolute atomic E-state index is 0.185. The maximum Gasteiger partial charge on any atom is 0.255 e. The molecule has 1 aromatic heterocycles. The van der Waals surface area contributed by atoms with Crippen LogP contribution in [0.25, 0.3) is 0 Å². The zero-order valence-electron chi connectivity index (χ0n) is 11.6. The molecule has 1 amide bonds. The van der Waals surface area contributed by atoms with Crippen LogP contribution in [0.4, 0.5) is 5.95 Å². The van der Waals surface area contributed by atoms with Crippen molar-refractivity contribution in [1.29, 1.82) is 0 Å². The summed E-state index contributed by atoms with van der Waals surface area (Å²) in [6.07, 6.45) is 4.80. The summed E-state index contributed by atoms with van der Waals surface area (Å²) in [6.45, 7) is 0. The quantitative estimate of drug-likeness (QED) is 0.911. The maximum atomic E-state index is 12.3. The minimum atomic E-state index is -0.350. The number of benzene rings is 1. The van der Waals surface area contributed by atoms with Gasteiger partial charge in [-0.3, -0.25) is 4.79 Å². The van der Waals surface area contributed by atoms with Gasteiger partial charge in [0.25, 0.3) is 5.91 Å². The van der Waals surface area contributed by atoms with E-state index in [4.69, 9.17) is 11.6 Å². The van der Waals surface area contributed by atoms with Crippen LogP contribution in [-0.4, -0.2) is 22.9 Å². The second-order valence-electron chi connectivity index (χ2n) is 5.06. The lowest BCUT2D eigenvalue weighted by Gasteiger charge is -2.19. The summed E-state index contributed by atoms with van der Waals surface area (Å²) < 4.78 is 0. The van der Waals surface area contributed by atoms with Gasteiger partial charge in [0.15, 0.2) is 0 Å². The van der Waals surface area contributed by atoms with Crippen LogP contribution in [-0.2, 0) is 5.54 Å². The number of halogens is 1. The van der Waals surface area contributed by atoms with E-state index in [9.17, 15) is 4.79 Å². The van der Waals surface area contributed by atoms with Crippen LogP contribution in [0.1, 0.15) is 28.8 Å². The molecule has 5 nitrogen and oxygen atoms in total. The number of amides is 1. The van der Waals surface area contributed by atoms with E-state index in [1.165, 1.54) is 12.4 Å². The molecule has 6 heteroatoms. The van der Waals surface area contributed by atoms with E-state index in [2.05, 4.69) is 20.6 Å². The van der Waals surface area contributed by atoms with Crippen molar-refractivity contribution < 1.29 is 4.79 Å². The minimum Gasteiger partial charge on any atom is -0.357 e. The molecule has 1 heterocycles. The topological polar surface area (TPSA) is 66.9 Å². The van der Waals surface area contributed by atoms with Gasteiger partial charge in [0.05, 0.1) is 11.1 Å². The molecule has 0 aliphatic heterocycles. The predicted molar refractivity (Wildman–Crippen MR) is 81.4 cm³/mol. The Kier molecular flexibility index (Phi) is 3.51. The number of anilines is 1. The van der Waals surface area contributed by atoms with Crippen molar-refractivity contribution in [2.75, 3.05) is 12.4 Å². The van der Waals surface area contributed by atoms with Crippen LogP contribution in [0, 0.1) is 0 Å². The molecule has 0 radical (unpaired) electrons. The Bertz CT molecular complexity index is 668. The van der Waals surface area contributed by atoms with Gasteiger partial charge in [-0.1, -0.05) is 29.8 Å². The van der Waals surface area contributed by atoms with Gasteiger partial charge in [0, 0.05) is 24.5 Å². The van der Waals surface area contributed by atoms with Crippen molar-refractivity contribution in [3.8, 4) is 0 Å². The molecule has 21 heavy (non-hydrogen) atoms. The van der Waals surface area contributed by atoms with E-state index < -0.39 is 0 Å². The van der Waals surface area contributed by atoms with Gasteiger partial charge in [-0.15, -0.1) is 0 Å². The second kappa shape index (κ2) is 5.33. The van der Waals surface area contributed by atoms with Crippen LogP contribution in [0.2, 0.25) is 5.02 Å². The third kappa shape index (κ3) is 2.69. The Balaban J connectivity index is 1.79. The van der Waals surface area contributed by atoms with E-state index in [1.54, 1.807) is 7.05 Å². The summed E-state index contributed by atoms with van der Waals surface area (Å²) in [4.78, 5) is 20.4. The first-order chi connectivity index (χ1) is 10.1. The van der Waals surface area contributed by atoms with Crippen LogP contribution >= 0.6 is 11.6 Å². The average Bonchev–Trinajstić information content (AvgIpc) is 3.28. The van der Waals surface area contributed by atoms with Crippen molar-refractivity contribution >= 4 is 23.5 Å². The van der Waals surface area contributed by atoms with Gasteiger partial charge in [-0.05, 0) is 24.5 Å². The second-order valence-corrected chi connectivity index (χ2v) is 5.47. The fraction of sp³-hybridized carbons (Fsp3) is 0.267. The van der Waals surface area contributed by atoms with Crippen LogP contribution in [0.3, 0.4) is 0 Å². The van der Waals surface area contributed by atoms with Crippen molar-refractivity contribution in [3.05, 3.63) is 52.8 Å². The lowest BCUT2D eigenvalue weighted by molar-refractivity contribution is 0.0930. The van der Waals surface area contributed by atoms with Gasteiger partial charge in [0.2, 0.25) is 5.95 Å². The molecule has 1 fully saturated rings. The monoisotopic (exact) mass is 302 g/mol. The van der Waals surface area contributed by atoms with Gasteiger partial charge >= 0.3 is 0 Å². The molecule has 0 atom stereocenters. The Labute approximate surface area is 127 Å². The number of nitrogens with one attached hydrogen (secondary N) is 2. The van der Waals surface area contributed by atoms with E-state index in [1.807, 2.05) is 24.3 Å². The first kappa shape index (κ1) is 13.8. The van der Waals surface area contributed by atoms with Crippen molar-refractivity contribution in [1.82, 2.24) is 15.3 Å². The van der Waals surface area contributed by atoms with E-state index in [-0.39, 0.29) is 11.4 Å². The molecule has 0 spiro atoms. The number of hydrogen-bond acceptors (Lipinski definition) is 4. The summed E-state index contributed by atoms with van der Waals surface area (Å²) in [5.41, 5.74) is 1.05. The van der Waals surface area contributed by atoms with Crippen LogP contribution in [0.15, 0.2) is 36.7 Å². The Morgan fingerprint density at radius 1 is 1.24 bits per heavy atom. The molecule has 2 aromatic rings. The van der Waals surface area contributed by atoms with Crippen molar-refractivity contribution in [2.45, 2.75) is 18.4 Å². The van der Waals surface area contributed by atoms with Gasteiger partial charge in [0.1, 0.15) is 0 Å². The Morgan fingerprint density at radius 3 is 2.48 bits per heavy atom. The molecule has 108 valence electrons. The SMILES string of the molecule is CNc1ncc(C(=O)NC2(c3ccccc3Cl)CC2)cn1. The van der Waals surface area contributed by atoms with Crippen molar-refractivity contribution in [2.24, 2.45) is 0 Å². The van der Waals surface area contributed by atoms with E-state index >= 15 is 0 Å². The largest absolute Gasteiger partial charge is 0.357 e. The van der Waals surface area contributed by atoms with E-state index in [0.717, 1.165) is 18.4 Å². The first-order valence-electron chi connectivity index (χ1n) is 6.72. The summed E-state index contributed by atoms with van der Waals surface area (Å²) in [7, 11) is 1.73. The average molecular weight is 303 g/mol. The molecule has 0 unspecified atom stereocenters. The molecule has 3 rings (SSSR count). The maximum absolute atomic E-state index is 12.3. The zero-order chi connectivity index (χ0) is 14.9. The standard InChI is InChI=1S/C15H15ClN4O/c1-17-14-18-8-10(9-19-14)13(21)20-15(6-7-15)11-4-2-3-5-12(11)16/h2-5,8-9H,6-7H2,1H3,(H,20,21)(H,17,18,19). The summed E-state index contributed by atoms with van der Waals surface area (Å²) in [5.74, 6) is 0.300. The highest BCUT2D eigenvalue weighted by Gasteiger charge is 2.46. The van der Waals surface area contributed by atoms with Gasteiger partial charge < -0.3 is 10.6 Å². The number of rotatable bonds is 4. The molecule has 1 aromatic carbocycles. The smallest absolute Gasteiger partial charge is 0.255 e. The normalized spacial score (nSPS) is 15.3. The lowest BCUT2D eigenvalue weighted by atomic mass is 10.0. The van der Waals surface area contributed by atoms with Gasteiger partial charge in [-0.2, -0.15) is 0 Å². The molecular weight excluding hydrogens is 288 g/mol. The Morgan fingerprint density at radius 2 is 1.90 bits per heavy atom. The summed E-state index contributed by atoms with van der Waals surface area (Å²) >= 11 is 6.23. The van der Waals surface area contributed by atoms with E-state index in [0.29, 0.717) is 16.5 Å². The summed E-state index contributed by atoms with van der Waals surface area (Å²) in [6, 6.07) is 7.61. The highest BCUT2D eigenvalue weighted by Crippen LogP contribution is 2.48. The third-order valence-electron chi connectivity index (χ3n) is 3.63. The summed E-state index contributed by atoms with van der Waals surface area (Å²) in [5, 5.41) is 6.55. The fourth-order valence-corrected chi connectivity index (χ4v) is 2.62. The molecule has 1 aliphatic rings. The van der Waals surface area contributed by atoms with Crippen LogP contribution < -0.4 is 10.6 Å². The Hall–Kier alpha value is -2.14. The molecule has 1 saturated carbocycles. The number of carbonyl (C=O) groups is 1. The van der Waals surface area contributed by atoms with Crippen molar-refractivity contribution in [3.63, 3.8) is 0 Å². The highest BCUT2D eigenvalue weighted by atomic mass is 35.5. The first-order valence-corrected chi connectivity index (χ1v) is 7.10. The highest BCUT2D eigenvalue weighted by molar-refractivity contribution is 6.31. The zero-order valence-corrected chi connectivity index (χ0v) is 12.3. The lowest BCUT2D eigenvalue weighted by Crippen LogP contribution is -2.35. The number of hydrogen-bond donors (Lipinski definition) is 2. The molecule has 0 bridgehead atoms. The molecular formula is C15H15ClN4O. The third-order valence-corrected chi connectivity index (χ3v) is 3.96. The fourth-order valence-electron chi connectivity index (χ4n) is 2.30. The molecule has 2 N–H and O–H groups in total. The number of nitrogens with zero attached hydrogens (tertiary/aromatic N) is 2. The van der Waals surface area contributed by atoms with Crippen LogP contribution in [0.5, 0.6) is 0 Å². The number of carbonyl (C=O) groups excluding carboxylic acids is 1.